The van der Waals surface area contributed by atoms with Crippen LogP contribution in [0, 0.1) is 4.91 Å². The Morgan fingerprint density at radius 3 is 1.70 bits per heavy atom. The number of nitroso groups, excluding NO2 is 1. The zero-order chi connectivity index (χ0) is 39.9. The van der Waals surface area contributed by atoms with Crippen LogP contribution in [0.3, 0.4) is 0 Å². The van der Waals surface area contributed by atoms with Crippen molar-refractivity contribution in [2.75, 3.05) is 12.9 Å². The molecule has 4 heterocycles. The first-order valence-electron chi connectivity index (χ1n) is 16.7. The number of amides is 4. The molecule has 0 aliphatic heterocycles. The summed E-state index contributed by atoms with van der Waals surface area (Å²) in [5, 5.41) is 23.7. The molecule has 1 aromatic carbocycles. The number of imidazole rings is 3. The van der Waals surface area contributed by atoms with Gasteiger partial charge < -0.3 is 46.1 Å². The van der Waals surface area contributed by atoms with Gasteiger partial charge in [-0.15, -0.1) is 4.91 Å². The minimum Gasteiger partial charge on any atom is -0.497 e. The number of nitrogens with zero attached hydrogens (tertiary/aromatic N) is 5. The van der Waals surface area contributed by atoms with Gasteiger partial charge in [0.15, 0.2) is 0 Å². The Morgan fingerprint density at radius 2 is 1.25 bits per heavy atom. The molecule has 0 saturated carbocycles. The van der Waals surface area contributed by atoms with E-state index in [0.717, 1.165) is 21.6 Å². The first-order chi connectivity index (χ1) is 27.1. The van der Waals surface area contributed by atoms with E-state index in [2.05, 4.69) is 61.3 Å². The number of benzene rings is 1. The molecule has 0 saturated heterocycles. The summed E-state index contributed by atoms with van der Waals surface area (Å²) >= 11 is 0. The maximum absolute atomic E-state index is 14.1. The first-order valence-corrected chi connectivity index (χ1v) is 19.0. The third-order valence-electron chi connectivity index (χ3n) is 8.01. The van der Waals surface area contributed by atoms with E-state index >= 15 is 0 Å². The molecule has 4 unspecified atom stereocenters. The summed E-state index contributed by atoms with van der Waals surface area (Å²) in [5.74, 6) is -3.89. The number of pyridine rings is 1. The maximum Gasteiger partial charge on any atom is 0.327 e. The van der Waals surface area contributed by atoms with Gasteiger partial charge in [0.2, 0.25) is 17.7 Å². The van der Waals surface area contributed by atoms with Crippen molar-refractivity contribution in [2.45, 2.75) is 48.5 Å². The number of aromatic amines is 3. The van der Waals surface area contributed by atoms with Gasteiger partial charge in [-0.1, -0.05) is 10.8 Å². The van der Waals surface area contributed by atoms with Crippen molar-refractivity contribution >= 4 is 56.9 Å². The highest BCUT2D eigenvalue weighted by molar-refractivity contribution is 8.76. The normalized spacial score (nSPS) is 13.0. The van der Waals surface area contributed by atoms with E-state index in [4.69, 9.17) is 4.74 Å². The zero-order valence-electron chi connectivity index (χ0n) is 29.5. The number of carbonyl (C=O) groups excluding carboxylic acids is 4. The maximum atomic E-state index is 14.1. The topological polar surface area (TPSA) is 291 Å². The molecule has 0 spiro atoms. The number of hydrogen-bond acceptors (Lipinski definition) is 14. The second kappa shape index (κ2) is 20.2. The quantitative estimate of drug-likeness (QED) is 0.0385. The second-order valence-electron chi connectivity index (χ2n) is 11.9. The number of carbonyl (C=O) groups is 5. The number of methoxy groups -OCH3 is 1. The molecule has 8 N–H and O–H groups in total. The van der Waals surface area contributed by atoms with E-state index < -0.39 is 53.8 Å². The van der Waals surface area contributed by atoms with Crippen molar-refractivity contribution in [3.05, 3.63) is 108 Å². The van der Waals surface area contributed by atoms with Crippen molar-refractivity contribution in [2.24, 2.45) is 5.18 Å². The van der Waals surface area contributed by atoms with E-state index in [0.29, 0.717) is 22.8 Å². The van der Waals surface area contributed by atoms with Crippen molar-refractivity contribution in [1.29, 1.82) is 0 Å². The molecule has 5 rings (SSSR count). The first kappa shape index (κ1) is 40.6. The van der Waals surface area contributed by atoms with Crippen LogP contribution in [0.15, 0.2) is 90.4 Å². The van der Waals surface area contributed by atoms with E-state index in [-0.39, 0.29) is 41.3 Å². The van der Waals surface area contributed by atoms with Gasteiger partial charge in [-0.25, -0.2) is 24.7 Å². The van der Waals surface area contributed by atoms with Crippen molar-refractivity contribution in [3.63, 3.8) is 0 Å². The number of aliphatic carboxylic acids is 1. The number of H-pyrrole nitrogens is 3. The van der Waals surface area contributed by atoms with Gasteiger partial charge in [-0.3, -0.25) is 19.2 Å². The molecule has 0 aliphatic carbocycles. The predicted molar refractivity (Wildman–Crippen MR) is 203 cm³/mol. The fraction of sp³-hybridized carbons (Fsp3) is 0.265. The molecule has 4 amide bonds. The van der Waals surface area contributed by atoms with Crippen LogP contribution >= 0.6 is 21.6 Å². The number of carboxylic acid groups (broad SMARTS) is 1. The van der Waals surface area contributed by atoms with Crippen molar-refractivity contribution in [1.82, 2.24) is 56.2 Å². The number of aromatic nitrogens is 7. The molecule has 56 heavy (non-hydrogen) atoms. The van der Waals surface area contributed by atoms with Crippen LogP contribution in [-0.4, -0.2) is 107 Å². The minimum atomic E-state index is -1.42. The van der Waals surface area contributed by atoms with E-state index in [9.17, 15) is 34.0 Å². The van der Waals surface area contributed by atoms with Gasteiger partial charge in [-0.2, -0.15) is 0 Å². The number of nitrogens with one attached hydrogen (secondary N) is 7. The molecule has 0 radical (unpaired) electrons. The monoisotopic (exact) mass is 804 g/mol. The highest BCUT2D eigenvalue weighted by Gasteiger charge is 2.33. The van der Waals surface area contributed by atoms with Crippen LogP contribution in [0.5, 0.6) is 5.75 Å². The second-order valence-corrected chi connectivity index (χ2v) is 14.2. The number of ether oxygens (including phenoxy) is 1. The summed E-state index contributed by atoms with van der Waals surface area (Å²) in [5.41, 5.74) is 1.77. The van der Waals surface area contributed by atoms with Gasteiger partial charge in [0.05, 0.1) is 26.1 Å². The van der Waals surface area contributed by atoms with Crippen molar-refractivity contribution < 1.29 is 33.8 Å². The number of carboxylic acids is 1. The standard InChI is InChI=1S/C34H36N12O8S2/c1-54-23-6-4-19(5-7-23)29(47)42-25(9-20-12-35-16-39-20)30(48)43-26(10-21-13-36-17-40-21)31(49)44-27(11-22-14-37-18-41-22)32(50)45-28(34(51)52)15-55-56-33-24(46-53)3-2-8-38-33/h2-8,12-14,16-18,25-28H,9-11,15H2,1H3,(H,35,39)(H,36,40)(H,37,41)(H,42,47)(H,43,48)(H,44,49)(H,45,50)(H,51,52). The third kappa shape index (κ3) is 11.7. The lowest BCUT2D eigenvalue weighted by Gasteiger charge is -2.26. The van der Waals surface area contributed by atoms with Crippen molar-refractivity contribution in [3.8, 4) is 5.75 Å². The number of hydrogen-bond donors (Lipinski definition) is 8. The van der Waals surface area contributed by atoms with E-state index in [1.165, 1.54) is 75.1 Å². The molecule has 4 atom stereocenters. The SMILES string of the molecule is COc1ccc(C(=O)NC(Cc2cnc[nH]2)C(=O)NC(Cc2cnc[nH]2)C(=O)NC(Cc2cnc[nH]2)C(=O)NC(CSSc2ncccc2N=O)C(=O)O)cc1. The Bertz CT molecular complexity index is 2070. The molecule has 0 fully saturated rings. The fourth-order valence-corrected chi connectivity index (χ4v) is 7.29. The highest BCUT2D eigenvalue weighted by Crippen LogP contribution is 2.35. The molecule has 5 aromatic rings. The third-order valence-corrected chi connectivity index (χ3v) is 10.3. The van der Waals surface area contributed by atoms with Gasteiger partial charge in [0.1, 0.15) is 40.6 Å². The lowest BCUT2D eigenvalue weighted by Crippen LogP contribution is -2.59. The van der Waals surface area contributed by atoms with Crippen LogP contribution < -0.4 is 26.0 Å². The smallest absolute Gasteiger partial charge is 0.327 e. The van der Waals surface area contributed by atoms with Crippen LogP contribution in [0.4, 0.5) is 5.69 Å². The largest absolute Gasteiger partial charge is 0.497 e. The van der Waals surface area contributed by atoms with Crippen LogP contribution in [0.25, 0.3) is 0 Å². The van der Waals surface area contributed by atoms with Gasteiger partial charge in [0.25, 0.3) is 5.91 Å². The summed E-state index contributed by atoms with van der Waals surface area (Å²) in [6, 6.07) is 3.98. The number of rotatable bonds is 21. The molecule has 292 valence electrons. The molecular weight excluding hydrogens is 769 g/mol. The summed E-state index contributed by atoms with van der Waals surface area (Å²) in [4.78, 5) is 103. The molecule has 4 aromatic heterocycles. The highest BCUT2D eigenvalue weighted by atomic mass is 33.1. The Kier molecular flexibility index (Phi) is 14.7. The zero-order valence-corrected chi connectivity index (χ0v) is 31.1. The van der Waals surface area contributed by atoms with Gasteiger partial charge >= 0.3 is 5.97 Å². The summed E-state index contributed by atoms with van der Waals surface area (Å²) < 4.78 is 5.16. The lowest BCUT2D eigenvalue weighted by molar-refractivity contribution is -0.141. The summed E-state index contributed by atoms with van der Waals surface area (Å²) in [7, 11) is 3.53. The minimum absolute atomic E-state index is 0.0167. The summed E-state index contributed by atoms with van der Waals surface area (Å²) in [6.45, 7) is 0. The average Bonchev–Trinajstić information content (AvgIpc) is 4.02. The Balaban J connectivity index is 1.32. The van der Waals surface area contributed by atoms with Gasteiger partial charge in [-0.05, 0) is 52.4 Å². The van der Waals surface area contributed by atoms with E-state index in [1.54, 1.807) is 12.1 Å². The van der Waals surface area contributed by atoms with Gasteiger partial charge in [0, 0.05) is 72.4 Å². The Hall–Kier alpha value is -6.55. The van der Waals surface area contributed by atoms with Crippen LogP contribution in [0.2, 0.25) is 0 Å². The molecule has 0 bridgehead atoms. The molecule has 22 heteroatoms. The Morgan fingerprint density at radius 1 is 0.750 bits per heavy atom. The average molecular weight is 805 g/mol. The molecule has 20 nitrogen and oxygen atoms in total. The molecule has 0 aliphatic rings. The lowest BCUT2D eigenvalue weighted by atomic mass is 10.1. The summed E-state index contributed by atoms with van der Waals surface area (Å²) in [6.07, 6.45) is 9.79. The predicted octanol–water partition coefficient (Wildman–Crippen LogP) is 1.46. The molecular formula is C34H36N12O8S2. The van der Waals surface area contributed by atoms with E-state index in [1.807, 2.05) is 0 Å². The fourth-order valence-electron chi connectivity index (χ4n) is 5.13. The van der Waals surface area contributed by atoms with Crippen LogP contribution in [0.1, 0.15) is 27.4 Å². The van der Waals surface area contributed by atoms with Crippen LogP contribution in [-0.2, 0) is 38.4 Å². The Labute approximate surface area is 326 Å².